The van der Waals surface area contributed by atoms with Crippen molar-refractivity contribution in [3.63, 3.8) is 0 Å². The van der Waals surface area contributed by atoms with Gasteiger partial charge in [0.1, 0.15) is 5.75 Å². The van der Waals surface area contributed by atoms with Gasteiger partial charge in [-0.3, -0.25) is 9.78 Å². The Morgan fingerprint density at radius 2 is 2.31 bits per heavy atom. The minimum atomic E-state index is -0.117. The predicted molar refractivity (Wildman–Crippen MR) is 65.3 cm³/mol. The molecule has 1 aromatic heterocycles. The van der Waals surface area contributed by atoms with E-state index in [0.29, 0.717) is 18.2 Å². The van der Waals surface area contributed by atoms with Gasteiger partial charge in [-0.25, -0.2) is 0 Å². The Balaban J connectivity index is 2.31. The third-order valence-electron chi connectivity index (χ3n) is 1.76. The average molecular weight is 287 g/mol. The number of nitrogens with one attached hydrogen (secondary N) is 1. The number of pyridine rings is 1. The summed E-state index contributed by atoms with van der Waals surface area (Å²) in [5, 5.41) is 2.77. The summed E-state index contributed by atoms with van der Waals surface area (Å²) in [4.78, 5) is 15.3. The normalized spacial score (nSPS) is 10.2. The monoisotopic (exact) mass is 286 g/mol. The van der Waals surface area contributed by atoms with E-state index in [0.717, 1.165) is 4.47 Å². The quantitative estimate of drug-likeness (QED) is 0.901. The molecule has 0 unspecified atom stereocenters. The van der Waals surface area contributed by atoms with Gasteiger partial charge in [-0.1, -0.05) is 13.8 Å². The number of nitrogens with zero attached hydrogens (tertiary/aromatic N) is 1. The van der Waals surface area contributed by atoms with Crippen molar-refractivity contribution in [2.45, 2.75) is 13.8 Å². The highest BCUT2D eigenvalue weighted by Gasteiger charge is 2.03. The predicted octanol–water partition coefficient (Wildman–Crippen LogP) is 2.00. The number of halogens is 1. The average Bonchev–Trinajstić information content (AvgIpc) is 2.23. The lowest BCUT2D eigenvalue weighted by Crippen LogP contribution is -2.31. The molecule has 0 atom stereocenters. The summed E-state index contributed by atoms with van der Waals surface area (Å²) in [6.07, 6.45) is 3.23. The third-order valence-corrected chi connectivity index (χ3v) is 2.19. The van der Waals surface area contributed by atoms with Gasteiger partial charge < -0.3 is 10.1 Å². The second-order valence-electron chi connectivity index (χ2n) is 3.83. The topological polar surface area (TPSA) is 51.2 Å². The maximum atomic E-state index is 11.3. The highest BCUT2D eigenvalue weighted by atomic mass is 79.9. The summed E-state index contributed by atoms with van der Waals surface area (Å²) in [6.45, 7) is 4.77. The standard InChI is InChI=1S/C11H15BrN2O2/c1-8(2)4-14-11(15)7-16-10-3-9(12)5-13-6-10/h3,5-6,8H,4,7H2,1-2H3,(H,14,15). The second-order valence-corrected chi connectivity index (χ2v) is 4.74. The molecule has 4 nitrogen and oxygen atoms in total. The van der Waals surface area contributed by atoms with Crippen molar-refractivity contribution in [1.82, 2.24) is 10.3 Å². The number of carbonyl (C=O) groups is 1. The first kappa shape index (κ1) is 13.0. The molecule has 1 heterocycles. The van der Waals surface area contributed by atoms with Gasteiger partial charge >= 0.3 is 0 Å². The zero-order valence-corrected chi connectivity index (χ0v) is 11.0. The molecule has 0 saturated carbocycles. The number of ether oxygens (including phenoxy) is 1. The van der Waals surface area contributed by atoms with E-state index in [9.17, 15) is 4.79 Å². The smallest absolute Gasteiger partial charge is 0.257 e. The van der Waals surface area contributed by atoms with Crippen molar-refractivity contribution in [2.75, 3.05) is 13.2 Å². The first-order chi connectivity index (χ1) is 7.58. The molecule has 0 saturated heterocycles. The molecule has 0 aliphatic heterocycles. The SMILES string of the molecule is CC(C)CNC(=O)COc1cncc(Br)c1. The van der Waals surface area contributed by atoms with Gasteiger partial charge in [0.15, 0.2) is 6.61 Å². The van der Waals surface area contributed by atoms with E-state index in [1.165, 1.54) is 0 Å². The zero-order valence-electron chi connectivity index (χ0n) is 9.37. The van der Waals surface area contributed by atoms with Crippen LogP contribution in [0.2, 0.25) is 0 Å². The maximum absolute atomic E-state index is 11.3. The van der Waals surface area contributed by atoms with Gasteiger partial charge in [-0.15, -0.1) is 0 Å². The molecule has 1 N–H and O–H groups in total. The summed E-state index contributed by atoms with van der Waals surface area (Å²) in [7, 11) is 0. The van der Waals surface area contributed by atoms with Crippen molar-refractivity contribution in [2.24, 2.45) is 5.92 Å². The first-order valence-corrected chi connectivity index (χ1v) is 5.87. The van der Waals surface area contributed by atoms with Crippen LogP contribution in [-0.2, 0) is 4.79 Å². The molecule has 0 aliphatic carbocycles. The number of hydrogen-bond acceptors (Lipinski definition) is 3. The van der Waals surface area contributed by atoms with Crippen LogP contribution in [0.15, 0.2) is 22.9 Å². The van der Waals surface area contributed by atoms with E-state index in [1.54, 1.807) is 18.5 Å². The lowest BCUT2D eigenvalue weighted by molar-refractivity contribution is -0.123. The molecule has 0 spiro atoms. The third kappa shape index (κ3) is 5.11. The number of carbonyl (C=O) groups excluding carboxylic acids is 1. The van der Waals surface area contributed by atoms with E-state index >= 15 is 0 Å². The van der Waals surface area contributed by atoms with E-state index in [-0.39, 0.29) is 12.5 Å². The summed E-state index contributed by atoms with van der Waals surface area (Å²) >= 11 is 3.28. The van der Waals surface area contributed by atoms with Crippen LogP contribution in [0, 0.1) is 5.92 Å². The van der Waals surface area contributed by atoms with Crippen LogP contribution < -0.4 is 10.1 Å². The van der Waals surface area contributed by atoms with Crippen LogP contribution in [-0.4, -0.2) is 24.0 Å². The Labute approximate surface area is 104 Å². The summed E-state index contributed by atoms with van der Waals surface area (Å²) < 4.78 is 6.10. The Kier molecular flexibility index (Phi) is 5.25. The lowest BCUT2D eigenvalue weighted by Gasteiger charge is -2.08. The Hall–Kier alpha value is -1.10. The van der Waals surface area contributed by atoms with Crippen LogP contribution in [0.5, 0.6) is 5.75 Å². The van der Waals surface area contributed by atoms with Crippen molar-refractivity contribution in [3.8, 4) is 5.75 Å². The minimum Gasteiger partial charge on any atom is -0.482 e. The van der Waals surface area contributed by atoms with Crippen molar-refractivity contribution in [1.29, 1.82) is 0 Å². The van der Waals surface area contributed by atoms with Crippen LogP contribution >= 0.6 is 15.9 Å². The fourth-order valence-electron chi connectivity index (χ4n) is 0.989. The van der Waals surface area contributed by atoms with E-state index in [1.807, 2.05) is 13.8 Å². The van der Waals surface area contributed by atoms with Crippen LogP contribution in [0.25, 0.3) is 0 Å². The zero-order chi connectivity index (χ0) is 12.0. The first-order valence-electron chi connectivity index (χ1n) is 5.08. The van der Waals surface area contributed by atoms with Gasteiger partial charge in [0.2, 0.25) is 0 Å². The molecule has 0 aromatic carbocycles. The Bertz CT molecular complexity index is 356. The second kappa shape index (κ2) is 6.48. The molecule has 88 valence electrons. The van der Waals surface area contributed by atoms with Crippen LogP contribution in [0.3, 0.4) is 0 Å². The van der Waals surface area contributed by atoms with Crippen molar-refractivity contribution in [3.05, 3.63) is 22.9 Å². The van der Waals surface area contributed by atoms with Gasteiger partial charge in [0.05, 0.1) is 6.20 Å². The number of aromatic nitrogens is 1. The molecule has 0 aliphatic rings. The number of hydrogen-bond donors (Lipinski definition) is 1. The molecule has 0 fully saturated rings. The maximum Gasteiger partial charge on any atom is 0.257 e. The molecular formula is C11H15BrN2O2. The highest BCUT2D eigenvalue weighted by Crippen LogP contribution is 2.15. The molecule has 1 rings (SSSR count). The number of rotatable bonds is 5. The van der Waals surface area contributed by atoms with Crippen LogP contribution in [0.4, 0.5) is 0 Å². The summed E-state index contributed by atoms with van der Waals surface area (Å²) in [5.41, 5.74) is 0. The van der Waals surface area contributed by atoms with Crippen LogP contribution in [0.1, 0.15) is 13.8 Å². The lowest BCUT2D eigenvalue weighted by atomic mass is 10.2. The summed E-state index contributed by atoms with van der Waals surface area (Å²) in [5.74, 6) is 0.902. The molecular weight excluding hydrogens is 272 g/mol. The molecule has 0 radical (unpaired) electrons. The molecule has 1 amide bonds. The fraction of sp³-hybridized carbons (Fsp3) is 0.455. The van der Waals surface area contributed by atoms with Gasteiger partial charge in [-0.2, -0.15) is 0 Å². The van der Waals surface area contributed by atoms with Gasteiger partial charge in [-0.05, 0) is 27.9 Å². The minimum absolute atomic E-state index is 0.0187. The Morgan fingerprint density at radius 1 is 1.56 bits per heavy atom. The number of amides is 1. The van der Waals surface area contributed by atoms with Gasteiger partial charge in [0.25, 0.3) is 5.91 Å². The van der Waals surface area contributed by atoms with Gasteiger partial charge in [0, 0.05) is 17.2 Å². The van der Waals surface area contributed by atoms with Crippen molar-refractivity contribution >= 4 is 21.8 Å². The van der Waals surface area contributed by atoms with E-state index in [4.69, 9.17) is 4.74 Å². The van der Waals surface area contributed by atoms with E-state index in [2.05, 4.69) is 26.2 Å². The summed E-state index contributed by atoms with van der Waals surface area (Å²) in [6, 6.07) is 1.77. The molecule has 0 bridgehead atoms. The van der Waals surface area contributed by atoms with Crippen molar-refractivity contribution < 1.29 is 9.53 Å². The van der Waals surface area contributed by atoms with E-state index < -0.39 is 0 Å². The fourth-order valence-corrected chi connectivity index (χ4v) is 1.33. The Morgan fingerprint density at radius 3 is 2.94 bits per heavy atom. The highest BCUT2D eigenvalue weighted by molar-refractivity contribution is 9.10. The molecule has 16 heavy (non-hydrogen) atoms. The molecule has 5 heteroatoms. The largest absolute Gasteiger partial charge is 0.482 e. The molecule has 1 aromatic rings.